The number of nitrogens with zero attached hydrogens (tertiary/aromatic N) is 5. The van der Waals surface area contributed by atoms with Gasteiger partial charge in [-0.05, 0) is 31.4 Å². The average molecular weight is 349 g/mol. The zero-order chi connectivity index (χ0) is 17.0. The molecule has 0 saturated heterocycles. The van der Waals surface area contributed by atoms with Crippen molar-refractivity contribution in [2.45, 2.75) is 33.4 Å². The molecule has 0 fully saturated rings. The van der Waals surface area contributed by atoms with Gasteiger partial charge in [0.15, 0.2) is 5.65 Å². The van der Waals surface area contributed by atoms with E-state index in [1.807, 2.05) is 29.7 Å². The van der Waals surface area contributed by atoms with E-state index in [9.17, 15) is 0 Å². The van der Waals surface area contributed by atoms with E-state index in [-0.39, 0.29) is 0 Å². The minimum absolute atomic E-state index is 0.805. The predicted molar refractivity (Wildman–Crippen MR) is 99.9 cm³/mol. The van der Waals surface area contributed by atoms with Crippen molar-refractivity contribution in [1.82, 2.24) is 24.5 Å². The van der Waals surface area contributed by atoms with Crippen LogP contribution in [0, 0.1) is 13.8 Å². The second-order valence-corrected chi connectivity index (χ2v) is 7.77. The number of hydrogen-bond donors (Lipinski definition) is 0. The highest BCUT2D eigenvalue weighted by atomic mass is 32.1. The van der Waals surface area contributed by atoms with Crippen molar-refractivity contribution in [3.8, 4) is 0 Å². The molecule has 0 amide bonds. The van der Waals surface area contributed by atoms with Gasteiger partial charge in [-0.1, -0.05) is 30.3 Å². The Morgan fingerprint density at radius 1 is 1.12 bits per heavy atom. The first-order valence-corrected chi connectivity index (χ1v) is 9.41. The van der Waals surface area contributed by atoms with E-state index in [1.54, 1.807) is 0 Å². The van der Waals surface area contributed by atoms with Gasteiger partial charge in [-0.2, -0.15) is 4.52 Å². The Kier molecular flexibility index (Phi) is 3.36. The highest BCUT2D eigenvalue weighted by Crippen LogP contribution is 2.36. The monoisotopic (exact) mass is 349 g/mol. The summed E-state index contributed by atoms with van der Waals surface area (Å²) in [4.78, 5) is 14.5. The van der Waals surface area contributed by atoms with Gasteiger partial charge < -0.3 is 0 Å². The minimum atomic E-state index is 0.805. The van der Waals surface area contributed by atoms with Crippen LogP contribution in [0.5, 0.6) is 0 Å². The third-order valence-corrected chi connectivity index (χ3v) is 5.98. The quantitative estimate of drug-likeness (QED) is 0.555. The van der Waals surface area contributed by atoms with Crippen molar-refractivity contribution >= 4 is 27.2 Å². The van der Waals surface area contributed by atoms with Crippen LogP contribution in [-0.2, 0) is 19.5 Å². The SMILES string of the molecule is Cc1nc2c3c4c(sc3nc(C)n2n1)CN(Cc1ccccc1)CC4. The maximum absolute atomic E-state index is 4.79. The molecule has 5 nitrogen and oxygen atoms in total. The Morgan fingerprint density at radius 3 is 2.80 bits per heavy atom. The fraction of sp³-hybridized carbons (Fsp3) is 0.316. The van der Waals surface area contributed by atoms with Crippen LogP contribution in [0.3, 0.4) is 0 Å². The molecule has 0 N–H and O–H groups in total. The number of benzene rings is 1. The zero-order valence-corrected chi connectivity index (χ0v) is 15.2. The van der Waals surface area contributed by atoms with Crippen molar-refractivity contribution in [1.29, 1.82) is 0 Å². The Hall–Kier alpha value is -2.31. The zero-order valence-electron chi connectivity index (χ0n) is 14.4. The minimum Gasteiger partial charge on any atom is -0.294 e. The molecule has 1 aromatic carbocycles. The molecule has 6 heteroatoms. The fourth-order valence-electron chi connectivity index (χ4n) is 3.72. The summed E-state index contributed by atoms with van der Waals surface area (Å²) < 4.78 is 1.89. The maximum atomic E-state index is 4.79. The maximum Gasteiger partial charge on any atom is 0.168 e. The molecule has 1 aliphatic rings. The largest absolute Gasteiger partial charge is 0.294 e. The van der Waals surface area contributed by atoms with Crippen molar-refractivity contribution in [2.24, 2.45) is 0 Å². The summed E-state index contributed by atoms with van der Waals surface area (Å²) in [7, 11) is 0. The number of aryl methyl sites for hydroxylation is 2. The van der Waals surface area contributed by atoms with Gasteiger partial charge in [0, 0.05) is 24.5 Å². The van der Waals surface area contributed by atoms with Gasteiger partial charge in [-0.25, -0.2) is 9.97 Å². The summed E-state index contributed by atoms with van der Waals surface area (Å²) in [5.74, 6) is 1.71. The van der Waals surface area contributed by atoms with Crippen LogP contribution >= 0.6 is 11.3 Å². The van der Waals surface area contributed by atoms with Crippen molar-refractivity contribution in [3.05, 3.63) is 58.0 Å². The topological polar surface area (TPSA) is 46.3 Å². The lowest BCUT2D eigenvalue weighted by Crippen LogP contribution is -2.29. The first kappa shape index (κ1) is 15.0. The molecule has 4 heterocycles. The lowest BCUT2D eigenvalue weighted by molar-refractivity contribution is 0.249. The van der Waals surface area contributed by atoms with Gasteiger partial charge in [-0.15, -0.1) is 16.4 Å². The van der Waals surface area contributed by atoms with E-state index in [0.717, 1.165) is 48.2 Å². The first-order chi connectivity index (χ1) is 12.2. The fourth-order valence-corrected chi connectivity index (χ4v) is 5.03. The summed E-state index contributed by atoms with van der Waals surface area (Å²) in [6, 6.07) is 10.7. The molecule has 25 heavy (non-hydrogen) atoms. The molecule has 4 aromatic rings. The van der Waals surface area contributed by atoms with Crippen LogP contribution in [0.15, 0.2) is 30.3 Å². The second-order valence-electron chi connectivity index (χ2n) is 6.68. The molecule has 0 bridgehead atoms. The van der Waals surface area contributed by atoms with Gasteiger partial charge >= 0.3 is 0 Å². The van der Waals surface area contributed by atoms with Crippen LogP contribution in [0.1, 0.15) is 27.7 Å². The molecule has 126 valence electrons. The molecule has 0 saturated carbocycles. The Bertz CT molecular complexity index is 1080. The average Bonchev–Trinajstić information content (AvgIpc) is 3.15. The van der Waals surface area contributed by atoms with E-state index in [2.05, 4.69) is 45.3 Å². The van der Waals surface area contributed by atoms with Crippen LogP contribution in [0.4, 0.5) is 0 Å². The van der Waals surface area contributed by atoms with Crippen molar-refractivity contribution in [3.63, 3.8) is 0 Å². The molecule has 1 aliphatic heterocycles. The first-order valence-electron chi connectivity index (χ1n) is 8.59. The van der Waals surface area contributed by atoms with Crippen molar-refractivity contribution < 1.29 is 0 Å². The highest BCUT2D eigenvalue weighted by Gasteiger charge is 2.24. The van der Waals surface area contributed by atoms with Gasteiger partial charge in [0.25, 0.3) is 0 Å². The molecular formula is C19H19N5S. The Labute approximate surface area is 149 Å². The van der Waals surface area contributed by atoms with E-state index in [4.69, 9.17) is 4.98 Å². The van der Waals surface area contributed by atoms with Crippen molar-refractivity contribution in [2.75, 3.05) is 6.54 Å². The van der Waals surface area contributed by atoms with Gasteiger partial charge in [0.2, 0.25) is 0 Å². The molecule has 0 aliphatic carbocycles. The summed E-state index contributed by atoms with van der Waals surface area (Å²) in [5, 5.41) is 5.71. The predicted octanol–water partition coefficient (Wildman–Crippen LogP) is 3.51. The number of rotatable bonds is 2. The lowest BCUT2D eigenvalue weighted by atomic mass is 10.0. The van der Waals surface area contributed by atoms with E-state index >= 15 is 0 Å². The summed E-state index contributed by atoms with van der Waals surface area (Å²) in [5.41, 5.74) is 3.76. The summed E-state index contributed by atoms with van der Waals surface area (Å²) in [6.07, 6.45) is 1.05. The number of hydrogen-bond acceptors (Lipinski definition) is 5. The lowest BCUT2D eigenvalue weighted by Gasteiger charge is -2.26. The third kappa shape index (κ3) is 2.44. The Morgan fingerprint density at radius 2 is 1.96 bits per heavy atom. The molecule has 0 radical (unpaired) electrons. The van der Waals surface area contributed by atoms with Crippen LogP contribution in [-0.4, -0.2) is 31.0 Å². The second kappa shape index (κ2) is 5.61. The smallest absolute Gasteiger partial charge is 0.168 e. The third-order valence-electron chi connectivity index (χ3n) is 4.87. The molecule has 5 rings (SSSR count). The Balaban J connectivity index is 1.56. The highest BCUT2D eigenvalue weighted by molar-refractivity contribution is 7.19. The van der Waals surface area contributed by atoms with Gasteiger partial charge in [-0.3, -0.25) is 4.90 Å². The molecule has 0 unspecified atom stereocenters. The summed E-state index contributed by atoms with van der Waals surface area (Å²) in [6.45, 7) is 7.00. The molecule has 3 aromatic heterocycles. The van der Waals surface area contributed by atoms with Gasteiger partial charge in [0.1, 0.15) is 16.5 Å². The van der Waals surface area contributed by atoms with E-state index in [1.165, 1.54) is 21.4 Å². The normalized spacial score (nSPS) is 15.1. The van der Waals surface area contributed by atoms with Crippen LogP contribution < -0.4 is 0 Å². The number of fused-ring (bicyclic) bond motifs is 5. The molecule has 0 spiro atoms. The van der Waals surface area contributed by atoms with Gasteiger partial charge in [0.05, 0.1) is 5.39 Å². The van der Waals surface area contributed by atoms with E-state index in [0.29, 0.717) is 0 Å². The van der Waals surface area contributed by atoms with Crippen LogP contribution in [0.2, 0.25) is 0 Å². The standard InChI is InChI=1S/C19H19N5S/c1-12-20-18-17-15-8-9-23(10-14-6-4-3-5-7-14)11-16(15)25-19(17)21-13(2)24(18)22-12/h3-7H,8-11H2,1-2H3. The van der Waals surface area contributed by atoms with Crippen LogP contribution in [0.25, 0.3) is 15.9 Å². The molecular weight excluding hydrogens is 330 g/mol. The number of aromatic nitrogens is 4. The molecule has 0 atom stereocenters. The number of thiophene rings is 1. The summed E-state index contributed by atoms with van der Waals surface area (Å²) >= 11 is 1.82. The van der Waals surface area contributed by atoms with E-state index < -0.39 is 0 Å².